The lowest BCUT2D eigenvalue weighted by Crippen LogP contribution is -2.07. The third-order valence-corrected chi connectivity index (χ3v) is 5.34. The average Bonchev–Trinajstić information content (AvgIpc) is 3.04. The van der Waals surface area contributed by atoms with Gasteiger partial charge in [-0.15, -0.1) is 0 Å². The highest BCUT2D eigenvalue weighted by atomic mass is 15.1. The van der Waals surface area contributed by atoms with Crippen LogP contribution in [0.4, 0.5) is 5.69 Å². The number of rotatable bonds is 9. The predicted octanol–water partition coefficient (Wildman–Crippen LogP) is 5.52. The molecule has 0 aliphatic rings. The molecule has 0 aliphatic heterocycles. The maximum atomic E-state index is 5.74. The van der Waals surface area contributed by atoms with Crippen LogP contribution in [0.25, 0.3) is 22.2 Å². The maximum Gasteiger partial charge on any atom is 0.0497 e. The summed E-state index contributed by atoms with van der Waals surface area (Å²) in [7, 11) is 4.15. The molecule has 0 bridgehead atoms. The second kappa shape index (κ2) is 9.09. The van der Waals surface area contributed by atoms with Crippen molar-refractivity contribution in [2.75, 3.05) is 25.5 Å². The second-order valence-corrected chi connectivity index (χ2v) is 7.65. The van der Waals surface area contributed by atoms with Gasteiger partial charge in [0.15, 0.2) is 0 Å². The third kappa shape index (κ3) is 4.54. The van der Waals surface area contributed by atoms with E-state index in [1.807, 2.05) is 0 Å². The molecule has 3 heteroatoms. The standard InChI is InChI=1S/C24H33N3/c1-4-5-8-18-10-15-23-22(17-18)21(9-6-7-16-25)24(26-23)19-11-13-20(14-12-19)27(2)3/h10-15,17,26H,4-9,16,25H2,1-3H3. The molecule has 3 nitrogen and oxygen atoms in total. The molecule has 1 heterocycles. The van der Waals surface area contributed by atoms with Gasteiger partial charge in [0, 0.05) is 36.4 Å². The fourth-order valence-electron chi connectivity index (χ4n) is 3.71. The molecule has 3 rings (SSSR count). The molecule has 0 amide bonds. The van der Waals surface area contributed by atoms with Gasteiger partial charge in [-0.05, 0) is 79.6 Å². The molecule has 2 aromatic carbocycles. The lowest BCUT2D eigenvalue weighted by molar-refractivity contribution is 0.748. The van der Waals surface area contributed by atoms with Gasteiger partial charge in [0.1, 0.15) is 0 Å². The van der Waals surface area contributed by atoms with Gasteiger partial charge in [-0.2, -0.15) is 0 Å². The van der Waals surface area contributed by atoms with Crippen molar-refractivity contribution in [1.82, 2.24) is 4.98 Å². The number of fused-ring (bicyclic) bond motifs is 1. The van der Waals surface area contributed by atoms with E-state index >= 15 is 0 Å². The smallest absolute Gasteiger partial charge is 0.0497 e. The maximum absolute atomic E-state index is 5.74. The lowest BCUT2D eigenvalue weighted by Gasteiger charge is -2.13. The predicted molar refractivity (Wildman–Crippen MR) is 119 cm³/mol. The lowest BCUT2D eigenvalue weighted by atomic mass is 9.98. The van der Waals surface area contributed by atoms with Gasteiger partial charge in [-0.3, -0.25) is 0 Å². The summed E-state index contributed by atoms with van der Waals surface area (Å²) in [5.41, 5.74) is 13.6. The number of nitrogens with two attached hydrogens (primary N) is 1. The normalized spacial score (nSPS) is 11.3. The fraction of sp³-hybridized carbons (Fsp3) is 0.417. The second-order valence-electron chi connectivity index (χ2n) is 7.65. The Morgan fingerprint density at radius 2 is 1.70 bits per heavy atom. The first-order valence-corrected chi connectivity index (χ1v) is 10.2. The van der Waals surface area contributed by atoms with Crippen LogP contribution < -0.4 is 10.6 Å². The Hall–Kier alpha value is -2.26. The average molecular weight is 364 g/mol. The van der Waals surface area contributed by atoms with E-state index < -0.39 is 0 Å². The van der Waals surface area contributed by atoms with Gasteiger partial charge in [0.2, 0.25) is 0 Å². The number of anilines is 1. The molecule has 27 heavy (non-hydrogen) atoms. The minimum atomic E-state index is 0.761. The zero-order chi connectivity index (χ0) is 19.2. The van der Waals surface area contributed by atoms with E-state index in [-0.39, 0.29) is 0 Å². The van der Waals surface area contributed by atoms with Crippen molar-refractivity contribution in [1.29, 1.82) is 0 Å². The largest absolute Gasteiger partial charge is 0.378 e. The summed E-state index contributed by atoms with van der Waals surface area (Å²) >= 11 is 0. The number of unbranched alkanes of at least 4 members (excludes halogenated alkanes) is 2. The molecular formula is C24H33N3. The van der Waals surface area contributed by atoms with Crippen LogP contribution >= 0.6 is 0 Å². The highest BCUT2D eigenvalue weighted by Gasteiger charge is 2.14. The van der Waals surface area contributed by atoms with Gasteiger partial charge < -0.3 is 15.6 Å². The van der Waals surface area contributed by atoms with E-state index in [1.54, 1.807) is 0 Å². The molecule has 0 aliphatic carbocycles. The highest BCUT2D eigenvalue weighted by Crippen LogP contribution is 2.33. The van der Waals surface area contributed by atoms with Crippen molar-refractivity contribution in [3.8, 4) is 11.3 Å². The summed E-state index contributed by atoms with van der Waals surface area (Å²) in [6, 6.07) is 15.8. The summed E-state index contributed by atoms with van der Waals surface area (Å²) < 4.78 is 0. The number of nitrogens with zero attached hydrogens (tertiary/aromatic N) is 1. The highest BCUT2D eigenvalue weighted by molar-refractivity contribution is 5.91. The number of aryl methyl sites for hydroxylation is 2. The van der Waals surface area contributed by atoms with Gasteiger partial charge in [-0.25, -0.2) is 0 Å². The van der Waals surface area contributed by atoms with Crippen molar-refractivity contribution in [3.05, 3.63) is 53.6 Å². The van der Waals surface area contributed by atoms with Crippen LogP contribution in [0.2, 0.25) is 0 Å². The molecule has 3 aromatic rings. The number of benzene rings is 2. The Morgan fingerprint density at radius 3 is 2.37 bits per heavy atom. The zero-order valence-corrected chi connectivity index (χ0v) is 17.0. The van der Waals surface area contributed by atoms with Crippen LogP contribution in [0.15, 0.2) is 42.5 Å². The molecule has 3 N–H and O–H groups in total. The third-order valence-electron chi connectivity index (χ3n) is 5.34. The first-order chi connectivity index (χ1) is 13.1. The van der Waals surface area contributed by atoms with E-state index in [2.05, 4.69) is 73.4 Å². The van der Waals surface area contributed by atoms with Crippen LogP contribution in [0.1, 0.15) is 43.7 Å². The van der Waals surface area contributed by atoms with Crippen molar-refractivity contribution in [2.24, 2.45) is 5.73 Å². The fourth-order valence-corrected chi connectivity index (χ4v) is 3.71. The number of hydrogen-bond donors (Lipinski definition) is 2. The molecule has 0 unspecified atom stereocenters. The summed E-state index contributed by atoms with van der Waals surface area (Å²) in [4.78, 5) is 5.83. The Bertz CT molecular complexity index is 859. The molecule has 0 saturated heterocycles. The molecule has 0 saturated carbocycles. The SMILES string of the molecule is CCCCc1ccc2[nH]c(-c3ccc(N(C)C)cc3)c(CCCCN)c2c1. The monoisotopic (exact) mass is 363 g/mol. The molecule has 0 spiro atoms. The molecular weight excluding hydrogens is 330 g/mol. The Morgan fingerprint density at radius 1 is 0.926 bits per heavy atom. The van der Waals surface area contributed by atoms with E-state index in [4.69, 9.17) is 5.73 Å². The van der Waals surface area contributed by atoms with Crippen molar-refractivity contribution < 1.29 is 0 Å². The van der Waals surface area contributed by atoms with Crippen LogP contribution in [0.3, 0.4) is 0 Å². The molecule has 0 atom stereocenters. The Balaban J connectivity index is 2.02. The Kier molecular flexibility index (Phi) is 6.57. The van der Waals surface area contributed by atoms with Gasteiger partial charge in [0.05, 0.1) is 0 Å². The van der Waals surface area contributed by atoms with Gasteiger partial charge in [-0.1, -0.05) is 31.5 Å². The first-order valence-electron chi connectivity index (χ1n) is 10.2. The van der Waals surface area contributed by atoms with E-state index in [0.717, 1.165) is 32.2 Å². The van der Waals surface area contributed by atoms with Crippen molar-refractivity contribution in [2.45, 2.75) is 45.4 Å². The number of hydrogen-bond acceptors (Lipinski definition) is 2. The molecule has 0 fully saturated rings. The first kappa shape index (κ1) is 19.5. The van der Waals surface area contributed by atoms with E-state index in [1.165, 1.54) is 51.8 Å². The molecule has 0 radical (unpaired) electrons. The minimum Gasteiger partial charge on any atom is -0.378 e. The van der Waals surface area contributed by atoms with Crippen LogP contribution in [-0.2, 0) is 12.8 Å². The van der Waals surface area contributed by atoms with Gasteiger partial charge >= 0.3 is 0 Å². The topological polar surface area (TPSA) is 45.0 Å². The summed E-state index contributed by atoms with van der Waals surface area (Å²) in [5, 5.41) is 1.38. The molecule has 144 valence electrons. The van der Waals surface area contributed by atoms with E-state index in [9.17, 15) is 0 Å². The van der Waals surface area contributed by atoms with E-state index in [0.29, 0.717) is 0 Å². The van der Waals surface area contributed by atoms with Crippen LogP contribution in [0.5, 0.6) is 0 Å². The number of nitrogens with one attached hydrogen (secondary N) is 1. The number of H-pyrrole nitrogens is 1. The van der Waals surface area contributed by atoms with Crippen LogP contribution in [0, 0.1) is 0 Å². The summed E-state index contributed by atoms with van der Waals surface area (Å²) in [6.45, 7) is 3.01. The quantitative estimate of drug-likeness (QED) is 0.491. The minimum absolute atomic E-state index is 0.761. The van der Waals surface area contributed by atoms with Gasteiger partial charge in [0.25, 0.3) is 0 Å². The van der Waals surface area contributed by atoms with Crippen molar-refractivity contribution in [3.63, 3.8) is 0 Å². The number of aromatic amines is 1. The number of aromatic nitrogens is 1. The summed E-state index contributed by atoms with van der Waals surface area (Å²) in [5.74, 6) is 0. The summed E-state index contributed by atoms with van der Waals surface area (Å²) in [6.07, 6.45) is 6.91. The van der Waals surface area contributed by atoms with Crippen molar-refractivity contribution >= 4 is 16.6 Å². The van der Waals surface area contributed by atoms with Crippen LogP contribution in [-0.4, -0.2) is 25.6 Å². The Labute approximate surface area is 163 Å². The zero-order valence-electron chi connectivity index (χ0n) is 17.0. The molecule has 1 aromatic heterocycles.